The summed E-state index contributed by atoms with van der Waals surface area (Å²) in [6, 6.07) is 7.60. The number of nitrogens with two attached hydrogens (primary N) is 3. The Kier molecular flexibility index (Phi) is 7.64. The smallest absolute Gasteiger partial charge is 0.266 e. The summed E-state index contributed by atoms with van der Waals surface area (Å²) in [5.41, 5.74) is 19.2. The fourth-order valence-electron chi connectivity index (χ4n) is 4.19. The van der Waals surface area contributed by atoms with Crippen molar-refractivity contribution in [2.75, 3.05) is 25.6 Å². The number of nitrogens with zero attached hydrogens (tertiary/aromatic N) is 3. The quantitative estimate of drug-likeness (QED) is 0.245. The summed E-state index contributed by atoms with van der Waals surface area (Å²) in [5, 5.41) is 20.1. The summed E-state index contributed by atoms with van der Waals surface area (Å²) in [4.78, 5) is 24.0. The molecule has 0 radical (unpaired) electrons. The number of anilines is 1. The monoisotopic (exact) mass is 506 g/mol. The van der Waals surface area contributed by atoms with Gasteiger partial charge in [-0.3, -0.25) is 14.3 Å². The molecule has 0 bridgehead atoms. The molecule has 4 rings (SSSR count). The van der Waals surface area contributed by atoms with Crippen molar-refractivity contribution in [3.05, 3.63) is 53.4 Å². The van der Waals surface area contributed by atoms with Crippen molar-refractivity contribution in [1.82, 2.24) is 15.1 Å². The van der Waals surface area contributed by atoms with Crippen LogP contribution in [0.2, 0.25) is 0 Å². The normalized spacial score (nSPS) is 16.9. The Hall–Kier alpha value is -4.50. The van der Waals surface area contributed by atoms with Gasteiger partial charge in [-0.2, -0.15) is 10.4 Å². The summed E-state index contributed by atoms with van der Waals surface area (Å²) in [7, 11) is 1.49. The Morgan fingerprint density at radius 2 is 1.92 bits per heavy atom. The van der Waals surface area contributed by atoms with Gasteiger partial charge < -0.3 is 37.3 Å². The number of hydrogen-bond donors (Lipinski definition) is 5. The lowest BCUT2D eigenvalue weighted by molar-refractivity contribution is -0.121. The lowest BCUT2D eigenvalue weighted by Crippen LogP contribution is -2.30. The number of rotatable bonds is 9. The highest BCUT2D eigenvalue weighted by Gasteiger charge is 2.30. The van der Waals surface area contributed by atoms with E-state index in [0.29, 0.717) is 41.5 Å². The van der Waals surface area contributed by atoms with Crippen LogP contribution in [0, 0.1) is 17.2 Å². The number of carbonyl (C=O) groups is 2. The van der Waals surface area contributed by atoms with Crippen LogP contribution in [0.1, 0.15) is 37.4 Å². The van der Waals surface area contributed by atoms with E-state index in [0.717, 1.165) is 25.7 Å². The molecule has 1 aliphatic carbocycles. The van der Waals surface area contributed by atoms with Crippen LogP contribution in [0.5, 0.6) is 5.75 Å². The first-order valence-corrected chi connectivity index (χ1v) is 11.9. The molecule has 0 spiro atoms. The summed E-state index contributed by atoms with van der Waals surface area (Å²) in [6.07, 6.45) is 6.11. The Bertz CT molecular complexity index is 1300. The Morgan fingerprint density at radius 3 is 2.54 bits per heavy atom. The molecule has 1 saturated carbocycles. The van der Waals surface area contributed by atoms with E-state index >= 15 is 0 Å². The summed E-state index contributed by atoms with van der Waals surface area (Å²) < 4.78 is 12.9. The van der Waals surface area contributed by atoms with Gasteiger partial charge in [0.1, 0.15) is 29.0 Å². The molecule has 12 heteroatoms. The number of aromatic nitrogens is 2. The zero-order chi connectivity index (χ0) is 26.5. The van der Waals surface area contributed by atoms with Crippen LogP contribution in [0.4, 0.5) is 5.69 Å². The summed E-state index contributed by atoms with van der Waals surface area (Å²) >= 11 is 0. The molecule has 194 valence electrons. The number of para-hydroxylation sites is 1. The SMILES string of the molecule is COc1c(NC(/C=C(\N)NC(=O)C2CC2)=C(/N)C(N)=O)cccc1-c1cnn(C2CCOCC2)c1C#N. The molecule has 2 amide bonds. The number of primary amides is 1. The van der Waals surface area contributed by atoms with Gasteiger partial charge >= 0.3 is 0 Å². The van der Waals surface area contributed by atoms with E-state index in [1.807, 2.05) is 0 Å². The molecule has 2 aromatic rings. The molecule has 1 aromatic heterocycles. The van der Waals surface area contributed by atoms with Crippen LogP contribution in [0.25, 0.3) is 11.1 Å². The van der Waals surface area contributed by atoms with Crippen molar-refractivity contribution in [2.45, 2.75) is 31.7 Å². The third-order valence-electron chi connectivity index (χ3n) is 6.29. The topological polar surface area (TPSA) is 196 Å². The number of benzene rings is 1. The van der Waals surface area contributed by atoms with E-state index in [4.69, 9.17) is 26.7 Å². The zero-order valence-electron chi connectivity index (χ0n) is 20.5. The minimum atomic E-state index is -0.875. The third kappa shape index (κ3) is 5.68. The fourth-order valence-corrected chi connectivity index (χ4v) is 4.19. The van der Waals surface area contributed by atoms with E-state index in [9.17, 15) is 14.9 Å². The van der Waals surface area contributed by atoms with Gasteiger partial charge in [0.05, 0.1) is 30.7 Å². The third-order valence-corrected chi connectivity index (χ3v) is 6.29. The van der Waals surface area contributed by atoms with Gasteiger partial charge in [-0.25, -0.2) is 0 Å². The maximum absolute atomic E-state index is 12.1. The van der Waals surface area contributed by atoms with Crippen LogP contribution < -0.4 is 32.6 Å². The maximum Gasteiger partial charge on any atom is 0.266 e. The van der Waals surface area contributed by atoms with Gasteiger partial charge in [-0.1, -0.05) is 12.1 Å². The molecule has 1 saturated heterocycles. The van der Waals surface area contributed by atoms with Gasteiger partial charge in [-0.05, 0) is 31.7 Å². The Balaban J connectivity index is 1.70. The van der Waals surface area contributed by atoms with E-state index in [-0.39, 0.29) is 35.1 Å². The van der Waals surface area contributed by atoms with Gasteiger partial charge in [0, 0.05) is 36.3 Å². The molecule has 2 aliphatic rings. The van der Waals surface area contributed by atoms with Crippen molar-refractivity contribution < 1.29 is 19.1 Å². The average Bonchev–Trinajstić information content (AvgIpc) is 3.67. The molecule has 12 nitrogen and oxygen atoms in total. The van der Waals surface area contributed by atoms with Crippen molar-refractivity contribution in [2.24, 2.45) is 23.1 Å². The molecular weight excluding hydrogens is 476 g/mol. The zero-order valence-corrected chi connectivity index (χ0v) is 20.5. The highest BCUT2D eigenvalue weighted by Crippen LogP contribution is 2.39. The first-order chi connectivity index (χ1) is 17.8. The molecule has 2 heterocycles. The van der Waals surface area contributed by atoms with Crippen molar-refractivity contribution in [3.8, 4) is 22.9 Å². The van der Waals surface area contributed by atoms with Gasteiger partial charge in [-0.15, -0.1) is 0 Å². The van der Waals surface area contributed by atoms with Crippen LogP contribution >= 0.6 is 0 Å². The predicted octanol–water partition coefficient (Wildman–Crippen LogP) is 1.18. The second kappa shape index (κ2) is 11.0. The van der Waals surface area contributed by atoms with Crippen molar-refractivity contribution >= 4 is 17.5 Å². The summed E-state index contributed by atoms with van der Waals surface area (Å²) in [5.74, 6) is -0.748. The van der Waals surface area contributed by atoms with E-state index in [1.165, 1.54) is 13.2 Å². The standard InChI is InChI=1S/C25H30N8O4/c1-36-23-16(17-13-30-33(20(17)12-26)15-7-9-37-10-8-15)3-2-4-18(23)31-19(22(28)24(29)34)11-21(27)32-25(35)14-5-6-14/h2-4,11,13-15,31H,5-10,27-28H2,1H3,(H2,29,34)(H,32,35)/b21-11+,22-19+. The first kappa shape index (κ1) is 25.6. The van der Waals surface area contributed by atoms with Gasteiger partial charge in [0.15, 0.2) is 0 Å². The van der Waals surface area contributed by atoms with Crippen LogP contribution in [0.15, 0.2) is 47.7 Å². The number of nitrogens with one attached hydrogen (secondary N) is 2. The highest BCUT2D eigenvalue weighted by atomic mass is 16.5. The Labute approximate surface area is 214 Å². The lowest BCUT2D eigenvalue weighted by Gasteiger charge is -2.23. The fraction of sp³-hybridized carbons (Fsp3) is 0.360. The number of amides is 2. The number of methoxy groups -OCH3 is 1. The molecule has 2 fully saturated rings. The highest BCUT2D eigenvalue weighted by molar-refractivity contribution is 5.93. The maximum atomic E-state index is 12.1. The first-order valence-electron chi connectivity index (χ1n) is 11.9. The molecule has 37 heavy (non-hydrogen) atoms. The number of ether oxygens (including phenoxy) is 2. The number of nitriles is 1. The number of hydrogen-bond acceptors (Lipinski definition) is 9. The second-order valence-electron chi connectivity index (χ2n) is 8.87. The van der Waals surface area contributed by atoms with Crippen LogP contribution in [-0.4, -0.2) is 41.9 Å². The van der Waals surface area contributed by atoms with Crippen molar-refractivity contribution in [1.29, 1.82) is 5.26 Å². The van der Waals surface area contributed by atoms with E-state index in [1.54, 1.807) is 29.1 Å². The average molecular weight is 507 g/mol. The molecule has 8 N–H and O–H groups in total. The minimum Gasteiger partial charge on any atom is -0.494 e. The summed E-state index contributed by atoms with van der Waals surface area (Å²) in [6.45, 7) is 1.23. The van der Waals surface area contributed by atoms with E-state index in [2.05, 4.69) is 21.8 Å². The Morgan fingerprint density at radius 1 is 1.19 bits per heavy atom. The number of allylic oxidation sites excluding steroid dienone is 1. The largest absolute Gasteiger partial charge is 0.494 e. The molecule has 0 atom stereocenters. The lowest BCUT2D eigenvalue weighted by atomic mass is 10.0. The molecule has 0 unspecified atom stereocenters. The number of carbonyl (C=O) groups excluding carboxylic acids is 2. The van der Waals surface area contributed by atoms with Crippen LogP contribution in [-0.2, 0) is 14.3 Å². The minimum absolute atomic E-state index is 0.00299. The van der Waals surface area contributed by atoms with Crippen LogP contribution in [0.3, 0.4) is 0 Å². The molecule has 1 aromatic carbocycles. The second-order valence-corrected chi connectivity index (χ2v) is 8.87. The molecular formula is C25H30N8O4. The molecule has 1 aliphatic heterocycles. The van der Waals surface area contributed by atoms with E-state index < -0.39 is 5.91 Å². The van der Waals surface area contributed by atoms with Crippen molar-refractivity contribution in [3.63, 3.8) is 0 Å². The van der Waals surface area contributed by atoms with Gasteiger partial charge in [0.2, 0.25) is 5.91 Å². The predicted molar refractivity (Wildman–Crippen MR) is 135 cm³/mol. The van der Waals surface area contributed by atoms with Gasteiger partial charge in [0.25, 0.3) is 5.91 Å².